The van der Waals surface area contributed by atoms with Crippen molar-refractivity contribution in [2.24, 2.45) is 0 Å². The van der Waals surface area contributed by atoms with E-state index in [0.29, 0.717) is 25.2 Å². The number of hydrogen-bond acceptors (Lipinski definition) is 4. The van der Waals surface area contributed by atoms with E-state index in [1.165, 1.54) is 0 Å². The maximum atomic E-state index is 11.4. The Morgan fingerprint density at radius 2 is 1.91 bits per heavy atom. The second kappa shape index (κ2) is 7.68. The van der Waals surface area contributed by atoms with Gasteiger partial charge in [0, 0.05) is 18.8 Å². The topological polar surface area (TPSA) is 87.7 Å². The molecule has 0 saturated carbocycles. The predicted octanol–water partition coefficient (Wildman–Crippen LogP) is 3.02. The molecule has 6 heteroatoms. The van der Waals surface area contributed by atoms with Gasteiger partial charge < -0.3 is 20.5 Å². The molecule has 1 aromatic carbocycles. The van der Waals surface area contributed by atoms with Crippen molar-refractivity contribution in [1.82, 2.24) is 5.32 Å². The van der Waals surface area contributed by atoms with Gasteiger partial charge in [-0.25, -0.2) is 9.59 Å². The summed E-state index contributed by atoms with van der Waals surface area (Å²) in [4.78, 5) is 22.6. The summed E-state index contributed by atoms with van der Waals surface area (Å²) >= 11 is 0. The molecule has 0 radical (unpaired) electrons. The molecular weight excluding hydrogens is 284 g/mol. The maximum Gasteiger partial charge on any atom is 0.407 e. The lowest BCUT2D eigenvalue weighted by molar-refractivity contribution is 0.0527. The van der Waals surface area contributed by atoms with Crippen LogP contribution in [0.4, 0.5) is 10.5 Å². The average Bonchev–Trinajstić information content (AvgIpc) is 2.37. The molecule has 1 amide bonds. The van der Waals surface area contributed by atoms with Crippen LogP contribution in [0.5, 0.6) is 0 Å². The largest absolute Gasteiger partial charge is 0.478 e. The fourth-order valence-electron chi connectivity index (χ4n) is 1.81. The average molecular weight is 308 g/mol. The Balaban J connectivity index is 2.37. The van der Waals surface area contributed by atoms with Gasteiger partial charge in [0.2, 0.25) is 0 Å². The Morgan fingerprint density at radius 1 is 1.23 bits per heavy atom. The number of anilines is 1. The molecule has 0 heterocycles. The molecule has 0 aliphatic rings. The van der Waals surface area contributed by atoms with Crippen molar-refractivity contribution < 1.29 is 19.4 Å². The zero-order valence-electron chi connectivity index (χ0n) is 13.5. The molecule has 22 heavy (non-hydrogen) atoms. The van der Waals surface area contributed by atoms with Gasteiger partial charge in [-0.05, 0) is 46.2 Å². The molecule has 1 rings (SSSR count). The number of amides is 1. The molecule has 0 saturated heterocycles. The monoisotopic (exact) mass is 308 g/mol. The summed E-state index contributed by atoms with van der Waals surface area (Å²) in [5.41, 5.74) is 1.21. The molecule has 0 unspecified atom stereocenters. The predicted molar refractivity (Wildman–Crippen MR) is 85.5 cm³/mol. The smallest absolute Gasteiger partial charge is 0.407 e. The third-order valence-corrected chi connectivity index (χ3v) is 2.74. The van der Waals surface area contributed by atoms with Crippen LogP contribution in [0, 0.1) is 6.92 Å². The Hall–Kier alpha value is -2.24. The van der Waals surface area contributed by atoms with Crippen molar-refractivity contribution in [2.75, 3.05) is 18.4 Å². The highest BCUT2D eigenvalue weighted by Crippen LogP contribution is 2.17. The molecule has 0 spiro atoms. The lowest BCUT2D eigenvalue weighted by Crippen LogP contribution is -2.33. The standard InChI is InChI=1S/C16H24N2O4/c1-11-6-7-13(12(10-11)14(19)20)17-8-5-9-18-15(21)22-16(2,3)4/h6-7,10,17H,5,8-9H2,1-4H3,(H,18,21)(H,19,20). The molecular formula is C16H24N2O4. The van der Waals surface area contributed by atoms with Crippen molar-refractivity contribution in [1.29, 1.82) is 0 Å². The van der Waals surface area contributed by atoms with Crippen LogP contribution in [0.1, 0.15) is 43.1 Å². The van der Waals surface area contributed by atoms with Gasteiger partial charge in [0.25, 0.3) is 0 Å². The van der Waals surface area contributed by atoms with Crippen molar-refractivity contribution in [3.8, 4) is 0 Å². The number of hydrogen-bond donors (Lipinski definition) is 3. The molecule has 0 fully saturated rings. The quantitative estimate of drug-likeness (QED) is 0.703. The van der Waals surface area contributed by atoms with Gasteiger partial charge in [-0.3, -0.25) is 0 Å². The Bertz CT molecular complexity index is 535. The van der Waals surface area contributed by atoms with Gasteiger partial charge >= 0.3 is 12.1 Å². The maximum absolute atomic E-state index is 11.4. The number of carbonyl (C=O) groups is 2. The van der Waals surface area contributed by atoms with E-state index >= 15 is 0 Å². The Morgan fingerprint density at radius 3 is 2.50 bits per heavy atom. The molecule has 122 valence electrons. The number of carboxylic acids is 1. The number of aromatic carboxylic acids is 1. The lowest BCUT2D eigenvalue weighted by atomic mass is 10.1. The molecule has 0 aliphatic carbocycles. The van der Waals surface area contributed by atoms with E-state index in [2.05, 4.69) is 10.6 Å². The fraction of sp³-hybridized carbons (Fsp3) is 0.500. The minimum Gasteiger partial charge on any atom is -0.478 e. The van der Waals surface area contributed by atoms with Gasteiger partial charge in [-0.1, -0.05) is 11.6 Å². The van der Waals surface area contributed by atoms with Crippen LogP contribution in [-0.4, -0.2) is 35.9 Å². The second-order valence-corrected chi connectivity index (χ2v) is 6.06. The van der Waals surface area contributed by atoms with E-state index in [9.17, 15) is 9.59 Å². The third-order valence-electron chi connectivity index (χ3n) is 2.74. The third kappa shape index (κ3) is 6.47. The van der Waals surface area contributed by atoms with Crippen LogP contribution in [0.15, 0.2) is 18.2 Å². The van der Waals surface area contributed by atoms with Gasteiger partial charge in [0.05, 0.1) is 5.56 Å². The summed E-state index contributed by atoms with van der Waals surface area (Å²) in [5.74, 6) is -0.960. The zero-order chi connectivity index (χ0) is 16.8. The summed E-state index contributed by atoms with van der Waals surface area (Å²) in [6, 6.07) is 5.23. The summed E-state index contributed by atoms with van der Waals surface area (Å²) < 4.78 is 5.12. The molecule has 0 atom stereocenters. The number of ether oxygens (including phenoxy) is 1. The van der Waals surface area contributed by atoms with E-state index in [1.54, 1.807) is 32.9 Å². The van der Waals surface area contributed by atoms with Crippen molar-refractivity contribution >= 4 is 17.7 Å². The van der Waals surface area contributed by atoms with Crippen LogP contribution in [-0.2, 0) is 4.74 Å². The number of alkyl carbamates (subject to hydrolysis) is 1. The number of benzene rings is 1. The Kier molecular flexibility index (Phi) is 6.22. The number of carbonyl (C=O) groups excluding carboxylic acids is 1. The minimum absolute atomic E-state index is 0.250. The van der Waals surface area contributed by atoms with Crippen LogP contribution in [0.3, 0.4) is 0 Å². The van der Waals surface area contributed by atoms with E-state index in [1.807, 2.05) is 13.0 Å². The van der Waals surface area contributed by atoms with Crippen molar-refractivity contribution in [3.05, 3.63) is 29.3 Å². The number of carboxylic acid groups (broad SMARTS) is 1. The molecule has 0 aliphatic heterocycles. The van der Waals surface area contributed by atoms with Gasteiger partial charge in [-0.15, -0.1) is 0 Å². The minimum atomic E-state index is -0.960. The highest BCUT2D eigenvalue weighted by Gasteiger charge is 2.15. The van der Waals surface area contributed by atoms with E-state index in [4.69, 9.17) is 9.84 Å². The highest BCUT2D eigenvalue weighted by atomic mass is 16.6. The van der Waals surface area contributed by atoms with Gasteiger partial charge in [0.15, 0.2) is 0 Å². The first-order valence-electron chi connectivity index (χ1n) is 7.24. The van der Waals surface area contributed by atoms with Crippen LogP contribution >= 0.6 is 0 Å². The van der Waals surface area contributed by atoms with Gasteiger partial charge in [0.1, 0.15) is 5.60 Å². The van der Waals surface area contributed by atoms with Gasteiger partial charge in [-0.2, -0.15) is 0 Å². The van der Waals surface area contributed by atoms with Crippen molar-refractivity contribution in [3.63, 3.8) is 0 Å². The number of rotatable bonds is 6. The van der Waals surface area contributed by atoms with E-state index < -0.39 is 17.7 Å². The molecule has 3 N–H and O–H groups in total. The highest BCUT2D eigenvalue weighted by molar-refractivity contribution is 5.94. The molecule has 1 aromatic rings. The summed E-state index contributed by atoms with van der Waals surface area (Å²) in [7, 11) is 0. The fourth-order valence-corrected chi connectivity index (χ4v) is 1.81. The molecule has 6 nitrogen and oxygen atoms in total. The first-order valence-corrected chi connectivity index (χ1v) is 7.24. The van der Waals surface area contributed by atoms with Crippen LogP contribution < -0.4 is 10.6 Å². The van der Waals surface area contributed by atoms with Crippen LogP contribution in [0.2, 0.25) is 0 Å². The number of aryl methyl sites for hydroxylation is 1. The lowest BCUT2D eigenvalue weighted by Gasteiger charge is -2.19. The molecule has 0 bridgehead atoms. The SMILES string of the molecule is Cc1ccc(NCCCNC(=O)OC(C)(C)C)c(C(=O)O)c1. The number of nitrogens with one attached hydrogen (secondary N) is 2. The Labute approximate surface area is 130 Å². The van der Waals surface area contributed by atoms with E-state index in [-0.39, 0.29) is 5.56 Å². The first kappa shape index (κ1) is 17.8. The molecule has 0 aromatic heterocycles. The zero-order valence-corrected chi connectivity index (χ0v) is 13.5. The summed E-state index contributed by atoms with van der Waals surface area (Å²) in [5, 5.41) is 14.9. The summed E-state index contributed by atoms with van der Waals surface area (Å²) in [6.07, 6.45) is 0.209. The van der Waals surface area contributed by atoms with Crippen LogP contribution in [0.25, 0.3) is 0 Å². The summed E-state index contributed by atoms with van der Waals surface area (Å²) in [6.45, 7) is 8.27. The first-order chi connectivity index (χ1) is 10.2. The second-order valence-electron chi connectivity index (χ2n) is 6.06. The van der Waals surface area contributed by atoms with E-state index in [0.717, 1.165) is 5.56 Å². The van der Waals surface area contributed by atoms with Crippen molar-refractivity contribution in [2.45, 2.75) is 39.7 Å². The normalized spacial score (nSPS) is 10.9.